The first kappa shape index (κ1) is 54.5. The summed E-state index contributed by atoms with van der Waals surface area (Å²) in [6.07, 6.45) is 0.272. The zero-order chi connectivity index (χ0) is 50.6. The van der Waals surface area contributed by atoms with Gasteiger partial charge in [-0.15, -0.1) is 0 Å². The highest BCUT2D eigenvalue weighted by Gasteiger charge is 2.68. The summed E-state index contributed by atoms with van der Waals surface area (Å²) in [6, 6.07) is 8.53. The second kappa shape index (κ2) is 20.6. The van der Waals surface area contributed by atoms with Crippen LogP contribution in [0.15, 0.2) is 30.3 Å². The van der Waals surface area contributed by atoms with E-state index < -0.39 is 106 Å². The van der Waals surface area contributed by atoms with Crippen molar-refractivity contribution in [3.63, 3.8) is 0 Å². The molecular weight excluding hydrogens is 889 g/mol. The van der Waals surface area contributed by atoms with Crippen molar-refractivity contribution in [2.45, 2.75) is 249 Å². The number of rotatable bonds is 15. The van der Waals surface area contributed by atoms with Crippen molar-refractivity contribution in [2.75, 3.05) is 0 Å². The zero-order valence-electron chi connectivity index (χ0n) is 43.2. The smallest absolute Gasteiger partial charge is 0.338 e. The minimum Gasteiger partial charge on any atom is -0.481 e. The highest BCUT2D eigenvalue weighted by molar-refractivity contribution is 5.89. The summed E-state index contributed by atoms with van der Waals surface area (Å²) in [5.41, 5.74) is -2.90. The molecule has 0 spiro atoms. The highest BCUT2D eigenvalue weighted by Crippen LogP contribution is 2.56. The Kier molecular flexibility index (Phi) is 16.2. The Hall–Kier alpha value is -2.28. The van der Waals surface area contributed by atoms with E-state index >= 15 is 0 Å². The van der Waals surface area contributed by atoms with E-state index in [4.69, 9.17) is 33.2 Å². The molecule has 0 aliphatic carbocycles. The molecule has 0 unspecified atom stereocenters. The number of esters is 1. The number of carboxylic acids is 1. The Morgan fingerprint density at radius 1 is 0.797 bits per heavy atom. The Labute approximate surface area is 410 Å². The molecule has 6 heterocycles. The predicted molar refractivity (Wildman–Crippen MR) is 254 cm³/mol. The third-order valence-corrected chi connectivity index (χ3v) is 18.2. The van der Waals surface area contributed by atoms with Crippen molar-refractivity contribution in [3.05, 3.63) is 35.9 Å². The third-order valence-electron chi connectivity index (χ3n) is 18.2. The largest absolute Gasteiger partial charge is 0.481 e. The number of hydrogen-bond acceptors (Lipinski definition) is 14. The van der Waals surface area contributed by atoms with Crippen LogP contribution in [0.2, 0.25) is 0 Å². The van der Waals surface area contributed by atoms with Crippen LogP contribution in [0, 0.1) is 41.4 Å². The number of aliphatic hydroxyl groups is 5. The van der Waals surface area contributed by atoms with E-state index in [1.807, 2.05) is 55.4 Å². The molecule has 6 saturated heterocycles. The van der Waals surface area contributed by atoms with Crippen LogP contribution in [0.25, 0.3) is 0 Å². The molecule has 0 radical (unpaired) electrons. The molecule has 15 nitrogen and oxygen atoms in total. The number of carbonyl (C=O) groups excluding carboxylic acids is 1. The van der Waals surface area contributed by atoms with E-state index in [1.54, 1.807) is 51.1 Å². The lowest BCUT2D eigenvalue weighted by Gasteiger charge is -2.52. The van der Waals surface area contributed by atoms with Crippen LogP contribution >= 0.6 is 0 Å². The van der Waals surface area contributed by atoms with Crippen LogP contribution < -0.4 is 0 Å². The van der Waals surface area contributed by atoms with Crippen LogP contribution in [-0.4, -0.2) is 132 Å². The molecule has 6 fully saturated rings. The van der Waals surface area contributed by atoms with Gasteiger partial charge < -0.3 is 63.8 Å². The monoisotopic (exact) mass is 975 g/mol. The van der Waals surface area contributed by atoms with Gasteiger partial charge in [0.2, 0.25) is 5.79 Å². The summed E-state index contributed by atoms with van der Waals surface area (Å²) >= 11 is 0. The molecular formula is C54H86O15. The minimum atomic E-state index is -2.11. The lowest BCUT2D eigenvalue weighted by molar-refractivity contribution is -0.372. The first-order chi connectivity index (χ1) is 32.2. The van der Waals surface area contributed by atoms with Gasteiger partial charge >= 0.3 is 11.9 Å². The lowest BCUT2D eigenvalue weighted by atomic mass is 9.76. The summed E-state index contributed by atoms with van der Waals surface area (Å²) < 4.78 is 46.3. The van der Waals surface area contributed by atoms with Crippen LogP contribution in [0.1, 0.15) is 170 Å². The molecule has 0 bridgehead atoms. The molecule has 7 rings (SSSR count). The van der Waals surface area contributed by atoms with Crippen molar-refractivity contribution in [2.24, 2.45) is 41.4 Å². The van der Waals surface area contributed by atoms with Crippen LogP contribution in [0.4, 0.5) is 0 Å². The number of aliphatic carboxylic acids is 1. The van der Waals surface area contributed by atoms with Gasteiger partial charge in [-0.25, -0.2) is 4.79 Å². The highest BCUT2D eigenvalue weighted by atomic mass is 16.7. The van der Waals surface area contributed by atoms with Gasteiger partial charge in [-0.05, 0) is 129 Å². The lowest BCUT2D eigenvalue weighted by Crippen LogP contribution is -2.64. The summed E-state index contributed by atoms with van der Waals surface area (Å²) in [5, 5.41) is 70.6. The average Bonchev–Trinajstić information content (AvgIpc) is 3.82. The molecule has 22 atom stereocenters. The van der Waals surface area contributed by atoms with Crippen molar-refractivity contribution in [1.29, 1.82) is 0 Å². The van der Waals surface area contributed by atoms with E-state index in [9.17, 15) is 40.2 Å². The van der Waals surface area contributed by atoms with E-state index in [0.717, 1.165) is 6.42 Å². The van der Waals surface area contributed by atoms with Gasteiger partial charge in [0, 0.05) is 30.1 Å². The molecule has 0 aromatic heterocycles. The maximum absolute atomic E-state index is 14.1. The fourth-order valence-corrected chi connectivity index (χ4v) is 13.2. The second-order valence-electron chi connectivity index (χ2n) is 23.5. The molecule has 1 aromatic rings. The number of carboxylic acid groups (broad SMARTS) is 1. The van der Waals surface area contributed by atoms with Gasteiger partial charge in [0.15, 0.2) is 17.7 Å². The van der Waals surface area contributed by atoms with Crippen LogP contribution in [-0.2, 0) is 38.0 Å². The number of aliphatic hydroxyl groups excluding tert-OH is 1. The first-order valence-corrected chi connectivity index (χ1v) is 26.3. The Balaban J connectivity index is 1.09. The van der Waals surface area contributed by atoms with Crippen molar-refractivity contribution in [1.82, 2.24) is 0 Å². The summed E-state index contributed by atoms with van der Waals surface area (Å²) in [7, 11) is 0. The molecule has 0 amide bonds. The topological polar surface area (TPSA) is 220 Å². The summed E-state index contributed by atoms with van der Waals surface area (Å²) in [5.74, 6) is -9.64. The first-order valence-electron chi connectivity index (χ1n) is 26.3. The second-order valence-corrected chi connectivity index (χ2v) is 23.5. The van der Waals surface area contributed by atoms with Gasteiger partial charge in [0.25, 0.3) is 0 Å². The molecule has 392 valence electrons. The van der Waals surface area contributed by atoms with Gasteiger partial charge in [-0.1, -0.05) is 66.7 Å². The Bertz CT molecular complexity index is 1920. The zero-order valence-corrected chi connectivity index (χ0v) is 43.2. The van der Waals surface area contributed by atoms with E-state index in [2.05, 4.69) is 0 Å². The fourth-order valence-electron chi connectivity index (χ4n) is 13.2. The average molecular weight is 975 g/mol. The van der Waals surface area contributed by atoms with Gasteiger partial charge in [0.1, 0.15) is 11.7 Å². The molecule has 1 aromatic carbocycles. The van der Waals surface area contributed by atoms with Gasteiger partial charge in [-0.2, -0.15) is 0 Å². The standard InChI is InChI=1S/C54H86O15/c1-12-43-49(9,59)24-23-44(64-43)50(10)28-34(6)54(62,69-50)51(11)25-22-41(66-51)46(65-48(58)37-16-14-13-15-17-37)53(61)33(5)26-31(3)42(68-53)29-52(60)32(4)19-21-40(67-52)35(7)39(55)27-38-20-18-30(2)45(63-38)36(8)47(56)57/h13-17,30-36,38-46,55,59-62H,12,18-29H2,1-11H3,(H,56,57)/t30-,31-,32-,33+,34+,35-,36+,38+,39+,40+,41-,42+,43-,44+,45-,46+,49+,50-,51-,52+,53+,54+/m0/s1. The number of carbonyl (C=O) groups is 2. The molecule has 69 heavy (non-hydrogen) atoms. The predicted octanol–water partition coefficient (Wildman–Crippen LogP) is 7.30. The van der Waals surface area contributed by atoms with Crippen molar-refractivity contribution in [3.8, 4) is 0 Å². The number of ether oxygens (including phenoxy) is 7. The normalized spacial score (nSPS) is 47.0. The summed E-state index contributed by atoms with van der Waals surface area (Å²) in [4.78, 5) is 25.9. The fraction of sp³-hybridized carbons (Fsp3) is 0.852. The van der Waals surface area contributed by atoms with Crippen LogP contribution in [0.5, 0.6) is 0 Å². The van der Waals surface area contributed by atoms with E-state index in [1.165, 1.54) is 0 Å². The molecule has 6 aliphatic rings. The Morgan fingerprint density at radius 3 is 2.16 bits per heavy atom. The van der Waals surface area contributed by atoms with Crippen LogP contribution in [0.3, 0.4) is 0 Å². The molecule has 15 heteroatoms. The van der Waals surface area contributed by atoms with Gasteiger partial charge in [-0.3, -0.25) is 4.79 Å². The maximum atomic E-state index is 14.1. The Morgan fingerprint density at radius 2 is 1.49 bits per heavy atom. The molecule has 6 aliphatic heterocycles. The van der Waals surface area contributed by atoms with E-state index in [-0.39, 0.29) is 54.5 Å². The number of benzene rings is 1. The number of hydrogen-bond donors (Lipinski definition) is 6. The summed E-state index contributed by atoms with van der Waals surface area (Å²) in [6.45, 7) is 20.8. The quantitative estimate of drug-likeness (QED) is 0.0951. The SMILES string of the molecule is CC[C@@H]1O[C@@H]([C@]2(C)C[C@@H](C)[C@](O)([C@]3(C)CC[C@@H]([C@@H](OC(=O)c4ccccc4)[C@]4(O)O[C@H](C[C@@]5(O)O[C@@H]([C@@H](C)[C@H](O)C[C@H]6CC[C@H](C)[C@@H]([C@@H](C)C(=O)O)O6)CC[C@@H]5C)[C@@H](C)C[C@H]4C)O3)O2)CC[C@@]1(C)O. The van der Waals surface area contributed by atoms with Gasteiger partial charge in [0.05, 0.1) is 65.4 Å². The molecule has 0 saturated carbocycles. The third kappa shape index (κ3) is 10.7. The molecule has 6 N–H and O–H groups in total. The maximum Gasteiger partial charge on any atom is 0.338 e. The van der Waals surface area contributed by atoms with Crippen molar-refractivity contribution >= 4 is 11.9 Å². The minimum absolute atomic E-state index is 0.00804. The van der Waals surface area contributed by atoms with E-state index in [0.29, 0.717) is 64.2 Å². The van der Waals surface area contributed by atoms with Crippen molar-refractivity contribution < 1.29 is 73.4 Å².